The summed E-state index contributed by atoms with van der Waals surface area (Å²) in [6, 6.07) is 0.0480. The van der Waals surface area contributed by atoms with E-state index in [1.807, 2.05) is 11.9 Å². The molecule has 0 aromatic heterocycles. The molecule has 19 heavy (non-hydrogen) atoms. The van der Waals surface area contributed by atoms with Crippen LogP contribution in [0.1, 0.15) is 44.9 Å². The van der Waals surface area contributed by atoms with Crippen LogP contribution in [0.25, 0.3) is 0 Å². The molecule has 0 aromatic carbocycles. The van der Waals surface area contributed by atoms with Crippen LogP contribution < -0.4 is 5.32 Å². The first-order valence-electron chi connectivity index (χ1n) is 7.71. The highest BCUT2D eigenvalue weighted by Crippen LogP contribution is 2.36. The monoisotopic (exact) mass is 267 g/mol. The third kappa shape index (κ3) is 3.29. The highest BCUT2D eigenvalue weighted by Gasteiger charge is 2.41. The molecule has 2 aliphatic rings. The van der Waals surface area contributed by atoms with Gasteiger partial charge < -0.3 is 15.1 Å². The van der Waals surface area contributed by atoms with E-state index in [9.17, 15) is 4.79 Å². The highest BCUT2D eigenvalue weighted by atomic mass is 16.2. The Balaban J connectivity index is 1.91. The summed E-state index contributed by atoms with van der Waals surface area (Å²) in [5.74, 6) is 0.287. The van der Waals surface area contributed by atoms with Gasteiger partial charge >= 0.3 is 0 Å². The predicted octanol–water partition coefficient (Wildman–Crippen LogP) is 1.46. The molecule has 2 fully saturated rings. The Morgan fingerprint density at radius 1 is 1.16 bits per heavy atom. The van der Waals surface area contributed by atoms with E-state index in [1.54, 1.807) is 0 Å². The molecule has 110 valence electrons. The van der Waals surface area contributed by atoms with E-state index in [1.165, 1.54) is 38.5 Å². The highest BCUT2D eigenvalue weighted by molar-refractivity contribution is 5.81. The van der Waals surface area contributed by atoms with E-state index in [-0.39, 0.29) is 17.5 Å². The smallest absolute Gasteiger partial charge is 0.239 e. The van der Waals surface area contributed by atoms with Crippen LogP contribution in [0.4, 0.5) is 0 Å². The second-order valence-corrected chi connectivity index (χ2v) is 6.52. The average Bonchev–Trinajstić information content (AvgIpc) is 2.60. The second kappa shape index (κ2) is 6.23. The van der Waals surface area contributed by atoms with E-state index in [4.69, 9.17) is 0 Å². The summed E-state index contributed by atoms with van der Waals surface area (Å²) in [7, 11) is 6.25. The van der Waals surface area contributed by atoms with Crippen molar-refractivity contribution >= 4 is 5.91 Å². The lowest BCUT2D eigenvalue weighted by Crippen LogP contribution is -2.59. The Morgan fingerprint density at radius 2 is 1.89 bits per heavy atom. The lowest BCUT2D eigenvalue weighted by Gasteiger charge is -2.49. The molecule has 1 aliphatic carbocycles. The Kier molecular flexibility index (Phi) is 4.85. The zero-order valence-corrected chi connectivity index (χ0v) is 12.7. The summed E-state index contributed by atoms with van der Waals surface area (Å²) in [5, 5.41) is 3.41. The van der Waals surface area contributed by atoms with Crippen LogP contribution in [0.5, 0.6) is 0 Å². The van der Waals surface area contributed by atoms with Crippen LogP contribution in [0.3, 0.4) is 0 Å². The van der Waals surface area contributed by atoms with Crippen molar-refractivity contribution in [3.8, 4) is 0 Å². The van der Waals surface area contributed by atoms with Crippen molar-refractivity contribution in [2.24, 2.45) is 0 Å². The van der Waals surface area contributed by atoms with Gasteiger partial charge in [-0.1, -0.05) is 12.8 Å². The molecular formula is C15H29N3O. The van der Waals surface area contributed by atoms with Crippen LogP contribution in [-0.4, -0.2) is 61.5 Å². The molecular weight excluding hydrogens is 238 g/mol. The number of hydrogen-bond donors (Lipinski definition) is 1. The number of amides is 1. The Hall–Kier alpha value is -0.610. The number of nitrogens with one attached hydrogen (secondary N) is 1. The van der Waals surface area contributed by atoms with E-state index in [0.717, 1.165) is 19.5 Å². The zero-order valence-electron chi connectivity index (χ0n) is 12.7. The van der Waals surface area contributed by atoms with E-state index < -0.39 is 0 Å². The van der Waals surface area contributed by atoms with E-state index in [2.05, 4.69) is 24.3 Å². The molecule has 0 radical (unpaired) electrons. The van der Waals surface area contributed by atoms with Crippen molar-refractivity contribution in [3.05, 3.63) is 0 Å². The largest absolute Gasteiger partial charge is 0.343 e. The Bertz CT molecular complexity index is 305. The van der Waals surface area contributed by atoms with Crippen molar-refractivity contribution < 1.29 is 4.79 Å². The molecule has 1 aliphatic heterocycles. The van der Waals surface area contributed by atoms with Crippen molar-refractivity contribution in [1.82, 2.24) is 15.1 Å². The normalized spacial score (nSPS) is 26.6. The van der Waals surface area contributed by atoms with E-state index in [0.29, 0.717) is 0 Å². The molecule has 0 bridgehead atoms. The van der Waals surface area contributed by atoms with Crippen LogP contribution in [0.15, 0.2) is 0 Å². The van der Waals surface area contributed by atoms with Gasteiger partial charge in [-0.3, -0.25) is 4.79 Å². The first-order valence-corrected chi connectivity index (χ1v) is 7.71. The maximum atomic E-state index is 12.5. The predicted molar refractivity (Wildman–Crippen MR) is 78.2 cm³/mol. The summed E-state index contributed by atoms with van der Waals surface area (Å²) in [6.45, 7) is 1.86. The summed E-state index contributed by atoms with van der Waals surface area (Å²) < 4.78 is 0. The molecule has 1 N–H and O–H groups in total. The van der Waals surface area contributed by atoms with Crippen LogP contribution in [0, 0.1) is 0 Å². The minimum absolute atomic E-state index is 0.0480. The molecule has 1 saturated carbocycles. The molecule has 0 aromatic rings. The average molecular weight is 267 g/mol. The zero-order chi connectivity index (χ0) is 13.9. The maximum absolute atomic E-state index is 12.5. The summed E-state index contributed by atoms with van der Waals surface area (Å²) >= 11 is 0. The third-order valence-corrected chi connectivity index (χ3v) is 5.00. The van der Waals surface area contributed by atoms with Crippen LogP contribution in [0.2, 0.25) is 0 Å². The van der Waals surface area contributed by atoms with Gasteiger partial charge in [-0.15, -0.1) is 0 Å². The van der Waals surface area contributed by atoms with Crippen molar-refractivity contribution in [1.29, 1.82) is 0 Å². The van der Waals surface area contributed by atoms with Gasteiger partial charge in [0.2, 0.25) is 5.91 Å². The maximum Gasteiger partial charge on any atom is 0.239 e. The molecule has 1 amide bonds. The Labute approximate surface area is 117 Å². The van der Waals surface area contributed by atoms with Crippen molar-refractivity contribution in [2.75, 3.05) is 34.2 Å². The molecule has 1 atom stereocenters. The molecule has 1 saturated heterocycles. The number of likely N-dealkylation sites (N-methyl/N-ethyl adjacent to an activating group) is 2. The number of carbonyl (C=O) groups is 1. The summed E-state index contributed by atoms with van der Waals surface area (Å²) in [5.41, 5.74) is 0.231. The van der Waals surface area contributed by atoms with Crippen LogP contribution in [-0.2, 0) is 4.79 Å². The van der Waals surface area contributed by atoms with Gasteiger partial charge in [-0.05, 0) is 52.7 Å². The van der Waals surface area contributed by atoms with Gasteiger partial charge in [0.1, 0.15) is 0 Å². The number of rotatable bonds is 4. The van der Waals surface area contributed by atoms with Gasteiger partial charge in [0.15, 0.2) is 0 Å². The van der Waals surface area contributed by atoms with Gasteiger partial charge in [-0.2, -0.15) is 0 Å². The van der Waals surface area contributed by atoms with Crippen LogP contribution >= 0.6 is 0 Å². The third-order valence-electron chi connectivity index (χ3n) is 5.00. The van der Waals surface area contributed by atoms with Gasteiger partial charge in [0.25, 0.3) is 0 Å². The van der Waals surface area contributed by atoms with Gasteiger partial charge in [-0.25, -0.2) is 0 Å². The minimum atomic E-state index is 0.0480. The molecule has 2 rings (SSSR count). The van der Waals surface area contributed by atoms with Gasteiger partial charge in [0, 0.05) is 19.1 Å². The lowest BCUT2D eigenvalue weighted by molar-refractivity contribution is -0.135. The quantitative estimate of drug-likeness (QED) is 0.837. The minimum Gasteiger partial charge on any atom is -0.343 e. The molecule has 4 heteroatoms. The summed E-state index contributed by atoms with van der Waals surface area (Å²) in [6.07, 6.45) is 8.36. The first kappa shape index (κ1) is 14.8. The molecule has 1 unspecified atom stereocenters. The summed E-state index contributed by atoms with van der Waals surface area (Å²) in [4.78, 5) is 16.8. The Morgan fingerprint density at radius 3 is 2.47 bits per heavy atom. The number of hydrogen-bond acceptors (Lipinski definition) is 3. The fourth-order valence-corrected chi connectivity index (χ4v) is 3.36. The number of nitrogens with zero attached hydrogens (tertiary/aromatic N) is 2. The van der Waals surface area contributed by atoms with Crippen molar-refractivity contribution in [2.45, 2.75) is 56.5 Å². The SMILES string of the molecule is CN(CC1(N(C)C)CCC1)C(=O)C1CCCCCN1. The number of carbonyl (C=O) groups excluding carboxylic acids is 1. The fraction of sp³-hybridized carbons (Fsp3) is 0.933. The standard InChI is InChI=1S/C15H29N3O/c1-17(2)15(9-7-10-15)12-18(3)14(19)13-8-5-4-6-11-16-13/h13,16H,4-12H2,1-3H3. The fourth-order valence-electron chi connectivity index (χ4n) is 3.36. The molecule has 1 heterocycles. The van der Waals surface area contributed by atoms with E-state index >= 15 is 0 Å². The lowest BCUT2D eigenvalue weighted by atomic mass is 9.75. The first-order chi connectivity index (χ1) is 9.05. The van der Waals surface area contributed by atoms with Gasteiger partial charge in [0.05, 0.1) is 6.04 Å². The molecule has 4 nitrogen and oxygen atoms in total. The molecule has 0 spiro atoms. The van der Waals surface area contributed by atoms with Crippen molar-refractivity contribution in [3.63, 3.8) is 0 Å². The topological polar surface area (TPSA) is 35.6 Å². The second-order valence-electron chi connectivity index (χ2n) is 6.52.